The fraction of sp³-hybridized carbons (Fsp3) is 1.00. The van der Waals surface area contributed by atoms with Crippen molar-refractivity contribution in [1.82, 2.24) is 5.32 Å². The van der Waals surface area contributed by atoms with E-state index in [-0.39, 0.29) is 45.6 Å². The van der Waals surface area contributed by atoms with Crippen LogP contribution in [-0.2, 0) is 82.9 Å². The Kier molecular flexibility index (Phi) is 34.9. The Morgan fingerprint density at radius 1 is 0.592 bits per heavy atom. The van der Waals surface area contributed by atoms with Gasteiger partial charge in [0.05, 0.1) is 79.3 Å². The van der Waals surface area contributed by atoms with E-state index in [1.165, 1.54) is 35.5 Å². The zero-order chi connectivity index (χ0) is 36.5. The van der Waals surface area contributed by atoms with E-state index in [4.69, 9.17) is 55.7 Å². The predicted octanol–water partition coefficient (Wildman–Crippen LogP) is 4.71. The molecule has 0 amide bonds. The van der Waals surface area contributed by atoms with Crippen molar-refractivity contribution in [3.05, 3.63) is 0 Å². The van der Waals surface area contributed by atoms with Crippen LogP contribution in [0.4, 0.5) is 0 Å². The second-order valence-electron chi connectivity index (χ2n) is 9.34. The highest BCUT2D eigenvalue weighted by Crippen LogP contribution is 2.48. The van der Waals surface area contributed by atoms with Crippen LogP contribution in [0.3, 0.4) is 0 Å². The lowest BCUT2D eigenvalue weighted by atomic mass is 10.1. The average molecular weight is 798 g/mol. The first-order valence-corrected chi connectivity index (χ1v) is 21.0. The van der Waals surface area contributed by atoms with Crippen LogP contribution in [0.2, 0.25) is 0 Å². The van der Waals surface area contributed by atoms with Gasteiger partial charge in [0.1, 0.15) is 6.61 Å². The first-order chi connectivity index (χ1) is 23.7. The van der Waals surface area contributed by atoms with Crippen LogP contribution in [0.15, 0.2) is 0 Å². The van der Waals surface area contributed by atoms with E-state index in [2.05, 4.69) is 23.4 Å². The van der Waals surface area contributed by atoms with Crippen molar-refractivity contribution in [3.63, 3.8) is 0 Å². The molecule has 0 rings (SSSR count). The van der Waals surface area contributed by atoms with Crippen molar-refractivity contribution >= 4 is 32.6 Å². The molecule has 0 aromatic heterocycles. The van der Waals surface area contributed by atoms with Gasteiger partial charge in [0.15, 0.2) is 0 Å². The minimum Gasteiger partial charge on any atom is -0.377 e. The maximum Gasteiger partial charge on any atom is 0.474 e. The summed E-state index contributed by atoms with van der Waals surface area (Å²) in [5.41, 5.74) is 0. The molecule has 3 unspecified atom stereocenters. The number of hydrogen-bond donors (Lipinski definition) is 1. The van der Waals surface area contributed by atoms with Gasteiger partial charge in [-0.15, -0.1) is 0 Å². The Morgan fingerprint density at radius 2 is 1.08 bits per heavy atom. The summed E-state index contributed by atoms with van der Waals surface area (Å²) in [4.78, 5) is 5.33. The Bertz CT molecular complexity index is 810. The van der Waals surface area contributed by atoms with Crippen LogP contribution in [0, 0.1) is 5.92 Å². The molecule has 0 saturated heterocycles. The van der Waals surface area contributed by atoms with E-state index in [0.717, 1.165) is 25.8 Å². The third-order valence-corrected chi connectivity index (χ3v) is 11.3. The Balaban J connectivity index is 4.24. The molecule has 0 radical (unpaired) electrons. The number of nitrogens with one attached hydrogen (secondary N) is 1. The average Bonchev–Trinajstić information content (AvgIpc) is 3.12. The molecule has 0 aliphatic heterocycles. The summed E-state index contributed by atoms with van der Waals surface area (Å²) in [5.74, 6) is 0.119. The van der Waals surface area contributed by atoms with E-state index in [0.29, 0.717) is 52.4 Å². The maximum absolute atomic E-state index is 11.8. The van der Waals surface area contributed by atoms with Crippen molar-refractivity contribution in [2.45, 2.75) is 19.3 Å². The number of phosphoric ester groups is 2. The Labute approximate surface area is 294 Å². The van der Waals surface area contributed by atoms with Crippen LogP contribution < -0.4 is 5.32 Å². The first-order valence-electron chi connectivity index (χ1n) is 15.6. The van der Waals surface area contributed by atoms with Gasteiger partial charge in [-0.2, -0.15) is 4.67 Å². The molecule has 0 bridgehead atoms. The monoisotopic (exact) mass is 797 g/mol. The van der Waals surface area contributed by atoms with Crippen LogP contribution in [0.25, 0.3) is 0 Å². The molecular weight excluding hydrogens is 738 g/mol. The second kappa shape index (κ2) is 34.4. The molecule has 19 nitrogen and oxygen atoms in total. The highest BCUT2D eigenvalue weighted by Gasteiger charge is 2.24. The third kappa shape index (κ3) is 28.8. The molecule has 0 fully saturated rings. The molecule has 1 N–H and O–H groups in total. The highest BCUT2D eigenvalue weighted by molar-refractivity contribution is 7.48. The summed E-state index contributed by atoms with van der Waals surface area (Å²) >= 11 is 0. The van der Waals surface area contributed by atoms with Crippen LogP contribution >= 0.6 is 32.6 Å². The molecule has 0 aromatic carbocycles. The molecule has 0 aliphatic rings. The smallest absolute Gasteiger partial charge is 0.377 e. The number of rotatable bonds is 39. The lowest BCUT2D eigenvalue weighted by Gasteiger charge is -2.23. The van der Waals surface area contributed by atoms with Gasteiger partial charge in [0.2, 0.25) is 8.38 Å². The fourth-order valence-electron chi connectivity index (χ4n) is 3.40. The van der Waals surface area contributed by atoms with Crippen molar-refractivity contribution < 1.29 is 82.9 Å². The maximum atomic E-state index is 11.8. The topological polar surface area (TPSA) is 194 Å². The second-order valence-corrected chi connectivity index (χ2v) is 16.0. The van der Waals surface area contributed by atoms with E-state index in [9.17, 15) is 9.13 Å². The largest absolute Gasteiger partial charge is 0.474 e. The zero-order valence-corrected chi connectivity index (χ0v) is 33.5. The predicted molar refractivity (Wildman–Crippen MR) is 181 cm³/mol. The Hall–Kier alpha value is 0.640. The molecule has 0 saturated carbocycles. The lowest BCUT2D eigenvalue weighted by Crippen LogP contribution is -2.16. The van der Waals surface area contributed by atoms with Crippen LogP contribution in [-0.4, -0.2) is 148 Å². The van der Waals surface area contributed by atoms with E-state index >= 15 is 0 Å². The SMILES string of the molecule is CNCCCCC(COP(OC)OCCOCCOCCOP(=O)(OC)OC)CP(OC)OOCCOCCOCCOP(=O)(OC)OC. The summed E-state index contributed by atoms with van der Waals surface area (Å²) < 4.78 is 102. The molecular formula is C26H59NO18P4. The molecule has 0 aliphatic carbocycles. The normalized spacial score (nSPS) is 14.3. The molecule has 3 atom stereocenters. The van der Waals surface area contributed by atoms with Gasteiger partial charge in [0, 0.05) is 48.8 Å². The van der Waals surface area contributed by atoms with Crippen LogP contribution in [0.1, 0.15) is 19.3 Å². The Morgan fingerprint density at radius 3 is 1.55 bits per heavy atom. The van der Waals surface area contributed by atoms with E-state index in [1.807, 2.05) is 7.05 Å². The van der Waals surface area contributed by atoms with E-state index < -0.39 is 32.6 Å². The summed E-state index contributed by atoms with van der Waals surface area (Å²) in [5, 5.41) is 3.16. The minimum atomic E-state index is -3.50. The standard InChI is InChI=1S/C26H59NO18P4/c1-27-11-9-8-10-26(24-42-47(31-3)41-21-17-37-13-15-39-19-23-44-49(29,34-6)35-7)25-46(30-2)45-40-20-16-36-12-14-38-18-22-43-48(28,32-4)33-5/h26-27H,8-25H2,1-7H3. The van der Waals surface area contributed by atoms with Crippen molar-refractivity contribution in [2.75, 3.05) is 148 Å². The summed E-state index contributed by atoms with van der Waals surface area (Å²) in [6.45, 7) is 4.25. The molecule has 0 spiro atoms. The van der Waals surface area contributed by atoms with Gasteiger partial charge in [-0.05, 0) is 32.4 Å². The first kappa shape index (κ1) is 49.6. The summed E-state index contributed by atoms with van der Waals surface area (Å²) in [6, 6.07) is 0. The fourth-order valence-corrected chi connectivity index (χ4v) is 6.73. The summed E-state index contributed by atoms with van der Waals surface area (Å²) in [6.07, 6.45) is 3.51. The lowest BCUT2D eigenvalue weighted by molar-refractivity contribution is -0.215. The van der Waals surface area contributed by atoms with Crippen molar-refractivity contribution in [1.29, 1.82) is 0 Å². The van der Waals surface area contributed by atoms with Gasteiger partial charge >= 0.3 is 24.2 Å². The number of ether oxygens (including phenoxy) is 4. The number of hydrogen-bond acceptors (Lipinski definition) is 19. The van der Waals surface area contributed by atoms with E-state index in [1.54, 1.807) is 7.11 Å². The summed E-state index contributed by atoms with van der Waals surface area (Å²) in [7, 11) is 0.0995. The molecule has 0 heterocycles. The van der Waals surface area contributed by atoms with Gasteiger partial charge < -0.3 is 42.4 Å². The molecule has 49 heavy (non-hydrogen) atoms. The van der Waals surface area contributed by atoms with Crippen molar-refractivity contribution in [3.8, 4) is 0 Å². The third-order valence-electron chi connectivity index (χ3n) is 5.93. The van der Waals surface area contributed by atoms with Crippen molar-refractivity contribution in [2.24, 2.45) is 5.92 Å². The quantitative estimate of drug-likeness (QED) is 0.0389. The number of phosphoric acid groups is 2. The molecule has 296 valence electrons. The van der Waals surface area contributed by atoms with Gasteiger partial charge in [-0.1, -0.05) is 6.42 Å². The molecule has 0 aromatic rings. The van der Waals surface area contributed by atoms with Crippen LogP contribution in [0.5, 0.6) is 0 Å². The minimum absolute atomic E-state index is 0.0574. The van der Waals surface area contributed by atoms with Gasteiger partial charge in [0.25, 0.3) is 0 Å². The van der Waals surface area contributed by atoms with Gasteiger partial charge in [-0.25, -0.2) is 14.0 Å². The number of unbranched alkanes of at least 4 members (excludes halogenated alkanes) is 1. The highest BCUT2D eigenvalue weighted by atomic mass is 31.2. The molecule has 23 heteroatoms. The zero-order valence-electron chi connectivity index (χ0n) is 29.9. The van der Waals surface area contributed by atoms with Gasteiger partial charge in [-0.3, -0.25) is 27.1 Å².